The Labute approximate surface area is 102 Å². The van der Waals surface area contributed by atoms with Gasteiger partial charge in [-0.25, -0.2) is 9.97 Å². The molecule has 94 valence electrons. The van der Waals surface area contributed by atoms with Gasteiger partial charge in [0.2, 0.25) is 5.91 Å². The van der Waals surface area contributed by atoms with Crippen molar-refractivity contribution in [3.05, 3.63) is 24.3 Å². The Morgan fingerprint density at radius 2 is 2.18 bits per heavy atom. The Morgan fingerprint density at radius 1 is 1.41 bits per heavy atom. The largest absolute Gasteiger partial charge is 0.354 e. The lowest BCUT2D eigenvalue weighted by Gasteiger charge is -2.14. The van der Waals surface area contributed by atoms with Crippen molar-refractivity contribution in [3.8, 4) is 0 Å². The van der Waals surface area contributed by atoms with Gasteiger partial charge in [-0.15, -0.1) is 0 Å². The van der Waals surface area contributed by atoms with Gasteiger partial charge in [-0.05, 0) is 18.9 Å². The molecule has 0 aromatic carbocycles. The number of carbonyl (C=O) groups is 1. The van der Waals surface area contributed by atoms with Crippen LogP contribution in [0.25, 0.3) is 0 Å². The normalized spacial score (nSPS) is 12.5. The van der Waals surface area contributed by atoms with E-state index in [1.807, 2.05) is 13.0 Å². The highest BCUT2D eigenvalue weighted by Gasteiger charge is 2.11. The molecule has 1 heterocycles. The summed E-state index contributed by atoms with van der Waals surface area (Å²) < 4.78 is 0. The topological polar surface area (TPSA) is 66.9 Å². The number of nitrogens with zero attached hydrogens (tertiary/aromatic N) is 2. The van der Waals surface area contributed by atoms with Crippen molar-refractivity contribution >= 4 is 5.91 Å². The molecule has 0 fully saturated rings. The molecule has 1 atom stereocenters. The zero-order valence-electron chi connectivity index (χ0n) is 10.6. The average molecular weight is 236 g/mol. The second-order valence-electron chi connectivity index (χ2n) is 4.44. The summed E-state index contributed by atoms with van der Waals surface area (Å²) in [6.07, 6.45) is 3.19. The van der Waals surface area contributed by atoms with Gasteiger partial charge in [0.25, 0.3) is 0 Å². The molecule has 1 amide bonds. The first kappa shape index (κ1) is 13.6. The highest BCUT2D eigenvalue weighted by Crippen LogP contribution is 1.93. The standard InChI is InChI=1S/C12H20N4O/c1-9(2)6-15-12(17)10(3)14-7-11-4-5-13-8-16-11/h4-5,8-10,14H,6-7H2,1-3H3,(H,15,17). The van der Waals surface area contributed by atoms with Crippen molar-refractivity contribution < 1.29 is 4.79 Å². The maximum absolute atomic E-state index is 11.7. The van der Waals surface area contributed by atoms with Crippen LogP contribution in [-0.2, 0) is 11.3 Å². The summed E-state index contributed by atoms with van der Waals surface area (Å²) in [5, 5.41) is 6.00. The maximum Gasteiger partial charge on any atom is 0.236 e. The van der Waals surface area contributed by atoms with Gasteiger partial charge < -0.3 is 10.6 Å². The molecule has 0 saturated heterocycles. The van der Waals surface area contributed by atoms with Gasteiger partial charge in [-0.1, -0.05) is 13.8 Å². The van der Waals surface area contributed by atoms with Crippen molar-refractivity contribution in [2.75, 3.05) is 6.54 Å². The number of rotatable bonds is 6. The smallest absolute Gasteiger partial charge is 0.236 e. The van der Waals surface area contributed by atoms with Crippen molar-refractivity contribution in [2.45, 2.75) is 33.4 Å². The molecule has 0 aliphatic carbocycles. The van der Waals surface area contributed by atoms with E-state index in [0.29, 0.717) is 19.0 Å². The van der Waals surface area contributed by atoms with Crippen LogP contribution >= 0.6 is 0 Å². The number of aromatic nitrogens is 2. The number of carbonyl (C=O) groups excluding carboxylic acids is 1. The zero-order chi connectivity index (χ0) is 12.7. The van der Waals surface area contributed by atoms with Gasteiger partial charge >= 0.3 is 0 Å². The molecular formula is C12H20N4O. The molecule has 5 nitrogen and oxygen atoms in total. The average Bonchev–Trinajstić information content (AvgIpc) is 2.34. The number of hydrogen-bond acceptors (Lipinski definition) is 4. The third-order valence-corrected chi connectivity index (χ3v) is 2.31. The van der Waals surface area contributed by atoms with Crippen LogP contribution in [0.1, 0.15) is 26.5 Å². The van der Waals surface area contributed by atoms with Gasteiger partial charge in [0.05, 0.1) is 11.7 Å². The van der Waals surface area contributed by atoms with Gasteiger partial charge in [0.15, 0.2) is 0 Å². The Bertz CT molecular complexity index is 340. The van der Waals surface area contributed by atoms with E-state index in [2.05, 4.69) is 34.4 Å². The second-order valence-corrected chi connectivity index (χ2v) is 4.44. The summed E-state index contributed by atoms with van der Waals surface area (Å²) in [6, 6.07) is 1.61. The quantitative estimate of drug-likeness (QED) is 0.764. The maximum atomic E-state index is 11.7. The van der Waals surface area contributed by atoms with E-state index < -0.39 is 0 Å². The minimum Gasteiger partial charge on any atom is -0.354 e. The third kappa shape index (κ3) is 5.40. The molecule has 2 N–H and O–H groups in total. The van der Waals surface area contributed by atoms with Crippen molar-refractivity contribution in [3.63, 3.8) is 0 Å². The number of nitrogens with one attached hydrogen (secondary N) is 2. The number of hydrogen-bond donors (Lipinski definition) is 2. The fourth-order valence-electron chi connectivity index (χ4n) is 1.23. The lowest BCUT2D eigenvalue weighted by molar-refractivity contribution is -0.122. The lowest BCUT2D eigenvalue weighted by Crippen LogP contribution is -2.43. The van der Waals surface area contributed by atoms with Crippen LogP contribution in [0.5, 0.6) is 0 Å². The molecule has 0 aliphatic heterocycles. The highest BCUT2D eigenvalue weighted by molar-refractivity contribution is 5.81. The lowest BCUT2D eigenvalue weighted by atomic mass is 10.2. The van der Waals surface area contributed by atoms with Crippen LogP contribution in [0.3, 0.4) is 0 Å². The van der Waals surface area contributed by atoms with E-state index in [-0.39, 0.29) is 11.9 Å². The first-order valence-corrected chi connectivity index (χ1v) is 5.85. The molecule has 0 radical (unpaired) electrons. The van der Waals surface area contributed by atoms with Crippen LogP contribution in [0.4, 0.5) is 0 Å². The zero-order valence-corrected chi connectivity index (χ0v) is 10.6. The molecule has 0 aliphatic rings. The van der Waals surface area contributed by atoms with E-state index in [0.717, 1.165) is 5.69 Å². The second kappa shape index (κ2) is 6.96. The fraction of sp³-hybridized carbons (Fsp3) is 0.583. The fourth-order valence-corrected chi connectivity index (χ4v) is 1.23. The molecule has 17 heavy (non-hydrogen) atoms. The van der Waals surface area contributed by atoms with Crippen LogP contribution in [0, 0.1) is 5.92 Å². The van der Waals surface area contributed by atoms with Gasteiger partial charge in [-0.2, -0.15) is 0 Å². The van der Waals surface area contributed by atoms with Crippen molar-refractivity contribution in [1.82, 2.24) is 20.6 Å². The van der Waals surface area contributed by atoms with Gasteiger partial charge in [-0.3, -0.25) is 4.79 Å². The molecular weight excluding hydrogens is 216 g/mol. The molecule has 0 saturated carbocycles. The first-order valence-electron chi connectivity index (χ1n) is 5.85. The summed E-state index contributed by atoms with van der Waals surface area (Å²) in [7, 11) is 0. The molecule has 1 unspecified atom stereocenters. The Morgan fingerprint density at radius 3 is 2.76 bits per heavy atom. The van der Waals surface area contributed by atoms with E-state index in [4.69, 9.17) is 0 Å². The van der Waals surface area contributed by atoms with E-state index >= 15 is 0 Å². The van der Waals surface area contributed by atoms with Gasteiger partial charge in [0, 0.05) is 19.3 Å². The van der Waals surface area contributed by atoms with Crippen LogP contribution < -0.4 is 10.6 Å². The first-order chi connectivity index (χ1) is 8.09. The summed E-state index contributed by atoms with van der Waals surface area (Å²) in [5.74, 6) is 0.487. The Hall–Kier alpha value is -1.49. The molecule has 1 rings (SSSR count). The summed E-state index contributed by atoms with van der Waals surface area (Å²) in [4.78, 5) is 19.6. The van der Waals surface area contributed by atoms with Crippen LogP contribution in [0.15, 0.2) is 18.6 Å². The van der Waals surface area contributed by atoms with Gasteiger partial charge in [0.1, 0.15) is 6.33 Å². The minimum atomic E-state index is -0.219. The van der Waals surface area contributed by atoms with E-state index in [1.54, 1.807) is 6.20 Å². The van der Waals surface area contributed by atoms with Crippen LogP contribution in [-0.4, -0.2) is 28.5 Å². The minimum absolute atomic E-state index is 0.0211. The summed E-state index contributed by atoms with van der Waals surface area (Å²) in [5.41, 5.74) is 0.878. The Balaban J connectivity index is 2.29. The molecule has 0 spiro atoms. The van der Waals surface area contributed by atoms with Crippen LogP contribution in [0.2, 0.25) is 0 Å². The molecule has 1 aromatic rings. The molecule has 5 heteroatoms. The predicted molar refractivity (Wildman–Crippen MR) is 66.2 cm³/mol. The van der Waals surface area contributed by atoms with E-state index in [1.165, 1.54) is 6.33 Å². The summed E-state index contributed by atoms with van der Waals surface area (Å²) >= 11 is 0. The van der Waals surface area contributed by atoms with Crippen molar-refractivity contribution in [2.24, 2.45) is 5.92 Å². The monoisotopic (exact) mass is 236 g/mol. The molecule has 1 aromatic heterocycles. The van der Waals surface area contributed by atoms with Crippen molar-refractivity contribution in [1.29, 1.82) is 0 Å². The molecule has 0 bridgehead atoms. The Kier molecular flexibility index (Phi) is 5.56. The van der Waals surface area contributed by atoms with E-state index in [9.17, 15) is 4.79 Å². The third-order valence-electron chi connectivity index (χ3n) is 2.31. The number of amides is 1. The summed E-state index contributed by atoms with van der Waals surface area (Å²) in [6.45, 7) is 7.26. The predicted octanol–water partition coefficient (Wildman–Crippen LogP) is 0.727. The highest BCUT2D eigenvalue weighted by atomic mass is 16.2. The SMILES string of the molecule is CC(C)CNC(=O)C(C)NCc1ccncn1.